The van der Waals surface area contributed by atoms with Crippen molar-refractivity contribution >= 4 is 11.8 Å². The van der Waals surface area contributed by atoms with Crippen LogP contribution in [0.4, 0.5) is 0 Å². The maximum Gasteiger partial charge on any atom is 0.254 e. The summed E-state index contributed by atoms with van der Waals surface area (Å²) in [4.78, 5) is 24.9. The van der Waals surface area contributed by atoms with Gasteiger partial charge in [0.05, 0.1) is 6.54 Å². The summed E-state index contributed by atoms with van der Waals surface area (Å²) in [6, 6.07) is 4.60. The molecule has 1 saturated heterocycles. The lowest BCUT2D eigenvalue weighted by atomic mass is 10.1. The molecule has 0 unspecified atom stereocenters. The molecule has 0 radical (unpaired) electrons. The second-order valence-corrected chi connectivity index (χ2v) is 4.08. The van der Waals surface area contributed by atoms with Crippen molar-refractivity contribution in [3.8, 4) is 5.75 Å². The van der Waals surface area contributed by atoms with Gasteiger partial charge in [0.15, 0.2) is 0 Å². The first-order valence-electron chi connectivity index (χ1n) is 5.43. The molecule has 2 rings (SSSR count). The monoisotopic (exact) mass is 234 g/mol. The zero-order chi connectivity index (χ0) is 12.4. The smallest absolute Gasteiger partial charge is 0.254 e. The Morgan fingerprint density at radius 3 is 2.88 bits per heavy atom. The van der Waals surface area contributed by atoms with Crippen molar-refractivity contribution in [3.63, 3.8) is 0 Å². The molecule has 1 fully saturated rings. The highest BCUT2D eigenvalue weighted by Gasteiger charge is 2.23. The van der Waals surface area contributed by atoms with Crippen LogP contribution >= 0.6 is 0 Å². The van der Waals surface area contributed by atoms with Gasteiger partial charge >= 0.3 is 0 Å². The number of hydrogen-bond acceptors (Lipinski definition) is 3. The molecule has 0 atom stereocenters. The molecule has 0 bridgehead atoms. The van der Waals surface area contributed by atoms with Gasteiger partial charge in [-0.25, -0.2) is 0 Å². The van der Waals surface area contributed by atoms with Crippen LogP contribution in [0.1, 0.15) is 15.9 Å². The van der Waals surface area contributed by atoms with Crippen LogP contribution in [-0.4, -0.2) is 41.5 Å². The number of carbonyl (C=O) groups is 2. The van der Waals surface area contributed by atoms with E-state index in [-0.39, 0.29) is 24.1 Å². The van der Waals surface area contributed by atoms with Gasteiger partial charge in [0.25, 0.3) is 5.91 Å². The third kappa shape index (κ3) is 2.38. The molecular formula is C12H14N2O3. The highest BCUT2D eigenvalue weighted by molar-refractivity contribution is 5.98. The van der Waals surface area contributed by atoms with Crippen molar-refractivity contribution in [2.45, 2.75) is 6.92 Å². The fraction of sp³-hybridized carbons (Fsp3) is 0.333. The van der Waals surface area contributed by atoms with E-state index in [1.54, 1.807) is 13.0 Å². The van der Waals surface area contributed by atoms with Gasteiger partial charge in [-0.05, 0) is 30.7 Å². The first-order valence-corrected chi connectivity index (χ1v) is 5.43. The van der Waals surface area contributed by atoms with Crippen LogP contribution in [0.5, 0.6) is 5.75 Å². The summed E-state index contributed by atoms with van der Waals surface area (Å²) >= 11 is 0. The van der Waals surface area contributed by atoms with Crippen molar-refractivity contribution in [2.24, 2.45) is 0 Å². The third-order valence-corrected chi connectivity index (χ3v) is 2.77. The summed E-state index contributed by atoms with van der Waals surface area (Å²) < 4.78 is 0. The van der Waals surface area contributed by atoms with Crippen LogP contribution in [0.3, 0.4) is 0 Å². The zero-order valence-electron chi connectivity index (χ0n) is 9.56. The van der Waals surface area contributed by atoms with E-state index in [2.05, 4.69) is 5.32 Å². The Morgan fingerprint density at radius 1 is 1.47 bits per heavy atom. The summed E-state index contributed by atoms with van der Waals surface area (Å²) in [6.07, 6.45) is 0. The highest BCUT2D eigenvalue weighted by Crippen LogP contribution is 2.17. The van der Waals surface area contributed by atoms with Gasteiger partial charge in [-0.2, -0.15) is 0 Å². The number of rotatable bonds is 1. The fourth-order valence-electron chi connectivity index (χ4n) is 1.87. The van der Waals surface area contributed by atoms with Crippen LogP contribution in [0, 0.1) is 6.92 Å². The number of hydrogen-bond donors (Lipinski definition) is 2. The van der Waals surface area contributed by atoms with Gasteiger partial charge in [0.1, 0.15) is 5.75 Å². The number of piperazine rings is 1. The van der Waals surface area contributed by atoms with Crippen molar-refractivity contribution in [1.29, 1.82) is 0 Å². The van der Waals surface area contributed by atoms with E-state index in [9.17, 15) is 14.7 Å². The van der Waals surface area contributed by atoms with Crippen molar-refractivity contribution in [3.05, 3.63) is 29.3 Å². The molecule has 1 aliphatic rings. The molecule has 1 aromatic carbocycles. The van der Waals surface area contributed by atoms with Crippen LogP contribution in [-0.2, 0) is 4.79 Å². The lowest BCUT2D eigenvalue weighted by molar-refractivity contribution is -0.123. The number of aryl methyl sites for hydroxylation is 1. The Kier molecular flexibility index (Phi) is 2.99. The molecule has 1 heterocycles. The third-order valence-electron chi connectivity index (χ3n) is 2.77. The van der Waals surface area contributed by atoms with Gasteiger partial charge in [-0.15, -0.1) is 0 Å². The summed E-state index contributed by atoms with van der Waals surface area (Å²) in [6.45, 7) is 2.86. The van der Waals surface area contributed by atoms with Crippen LogP contribution in [0.25, 0.3) is 0 Å². The predicted molar refractivity (Wildman–Crippen MR) is 61.8 cm³/mol. The van der Waals surface area contributed by atoms with E-state index < -0.39 is 0 Å². The van der Waals surface area contributed by atoms with E-state index in [1.165, 1.54) is 17.0 Å². The molecule has 2 N–H and O–H groups in total. The van der Waals surface area contributed by atoms with Gasteiger partial charge in [0, 0.05) is 18.7 Å². The van der Waals surface area contributed by atoms with E-state index in [1.807, 2.05) is 0 Å². The average Bonchev–Trinajstić information content (AvgIpc) is 2.28. The number of nitrogens with zero attached hydrogens (tertiary/aromatic N) is 1. The van der Waals surface area contributed by atoms with Crippen LogP contribution in [0.15, 0.2) is 18.2 Å². The number of carbonyl (C=O) groups excluding carboxylic acids is 2. The topological polar surface area (TPSA) is 69.6 Å². The minimum atomic E-state index is -0.169. The fourth-order valence-corrected chi connectivity index (χ4v) is 1.87. The number of aromatic hydroxyl groups is 1. The van der Waals surface area contributed by atoms with Gasteiger partial charge in [-0.1, -0.05) is 0 Å². The number of benzene rings is 1. The second kappa shape index (κ2) is 4.45. The maximum absolute atomic E-state index is 12.1. The number of amides is 2. The van der Waals surface area contributed by atoms with Gasteiger partial charge < -0.3 is 15.3 Å². The zero-order valence-corrected chi connectivity index (χ0v) is 9.56. The molecule has 0 aromatic heterocycles. The Hall–Kier alpha value is -2.04. The molecule has 0 aliphatic carbocycles. The van der Waals surface area contributed by atoms with Crippen LogP contribution < -0.4 is 5.32 Å². The van der Waals surface area contributed by atoms with Gasteiger partial charge in [0.2, 0.25) is 5.91 Å². The Labute approximate surface area is 99.0 Å². The molecule has 5 heteroatoms. The van der Waals surface area contributed by atoms with E-state index >= 15 is 0 Å². The quantitative estimate of drug-likeness (QED) is 0.733. The van der Waals surface area contributed by atoms with Gasteiger partial charge in [-0.3, -0.25) is 9.59 Å². The van der Waals surface area contributed by atoms with Crippen molar-refractivity contribution < 1.29 is 14.7 Å². The molecule has 5 nitrogen and oxygen atoms in total. The lowest BCUT2D eigenvalue weighted by Gasteiger charge is -2.27. The summed E-state index contributed by atoms with van der Waals surface area (Å²) in [7, 11) is 0. The number of nitrogens with one attached hydrogen (secondary N) is 1. The number of phenols is 1. The first-order chi connectivity index (χ1) is 8.08. The molecule has 0 saturated carbocycles. The van der Waals surface area contributed by atoms with E-state index in [4.69, 9.17) is 0 Å². The largest absolute Gasteiger partial charge is 0.508 e. The van der Waals surface area contributed by atoms with Crippen molar-refractivity contribution in [1.82, 2.24) is 10.2 Å². The average molecular weight is 234 g/mol. The molecular weight excluding hydrogens is 220 g/mol. The first kappa shape index (κ1) is 11.4. The molecule has 17 heavy (non-hydrogen) atoms. The standard InChI is InChI=1S/C12H14N2O3/c1-8-6-9(15)2-3-10(8)12(17)14-5-4-13-11(16)7-14/h2-3,6,15H,4-5,7H2,1H3,(H,13,16). The Bertz CT molecular complexity index is 471. The highest BCUT2D eigenvalue weighted by atomic mass is 16.3. The Balaban J connectivity index is 2.21. The second-order valence-electron chi connectivity index (χ2n) is 4.08. The molecule has 2 amide bonds. The molecule has 1 aromatic rings. The lowest BCUT2D eigenvalue weighted by Crippen LogP contribution is -2.50. The summed E-state index contributed by atoms with van der Waals surface area (Å²) in [5.74, 6) is -0.172. The summed E-state index contributed by atoms with van der Waals surface area (Å²) in [5, 5.41) is 12.0. The van der Waals surface area contributed by atoms with Crippen LogP contribution in [0.2, 0.25) is 0 Å². The molecule has 1 aliphatic heterocycles. The SMILES string of the molecule is Cc1cc(O)ccc1C(=O)N1CCNC(=O)C1. The van der Waals surface area contributed by atoms with E-state index in [0.717, 1.165) is 0 Å². The van der Waals surface area contributed by atoms with Crippen molar-refractivity contribution in [2.75, 3.05) is 19.6 Å². The molecule has 0 spiro atoms. The molecule has 90 valence electrons. The number of phenolic OH excluding ortho intramolecular Hbond substituents is 1. The Morgan fingerprint density at radius 2 is 2.24 bits per heavy atom. The normalized spacial score (nSPS) is 15.6. The minimum Gasteiger partial charge on any atom is -0.508 e. The maximum atomic E-state index is 12.1. The summed E-state index contributed by atoms with van der Waals surface area (Å²) in [5.41, 5.74) is 1.23. The minimum absolute atomic E-state index is 0.0964. The van der Waals surface area contributed by atoms with E-state index in [0.29, 0.717) is 24.2 Å². The predicted octanol–water partition coefficient (Wildman–Crippen LogP) is 0.273.